The zero-order valence-corrected chi connectivity index (χ0v) is 14.1. The van der Waals surface area contributed by atoms with E-state index in [-0.39, 0.29) is 11.3 Å². The van der Waals surface area contributed by atoms with Gasteiger partial charge in [-0.25, -0.2) is 8.42 Å². The molecule has 0 aliphatic heterocycles. The largest absolute Gasteiger partial charge is 0.316 e. The molecule has 0 heterocycles. The van der Waals surface area contributed by atoms with Gasteiger partial charge in [-0.1, -0.05) is 36.2 Å². The van der Waals surface area contributed by atoms with E-state index in [0.29, 0.717) is 11.3 Å². The fraction of sp³-hybridized carbons (Fsp3) is 0.571. The molecular formula is C14H22BrNO2S. The Morgan fingerprint density at radius 3 is 2.21 bits per heavy atom. The Bertz CT molecular complexity index is 485. The molecule has 0 aliphatic carbocycles. The number of rotatable bonds is 7. The van der Waals surface area contributed by atoms with Crippen molar-refractivity contribution in [3.63, 3.8) is 0 Å². The van der Waals surface area contributed by atoms with E-state index in [0.717, 1.165) is 17.3 Å². The maximum absolute atomic E-state index is 12.7. The highest BCUT2D eigenvalue weighted by Crippen LogP contribution is 2.24. The highest BCUT2D eigenvalue weighted by Gasteiger charge is 2.31. The molecular weight excluding hydrogens is 326 g/mol. The predicted octanol–water partition coefficient (Wildman–Crippen LogP) is 3.39. The smallest absolute Gasteiger partial charge is 0.182 e. The minimum atomic E-state index is -3.28. The van der Waals surface area contributed by atoms with Crippen molar-refractivity contribution < 1.29 is 8.42 Å². The second-order valence-electron chi connectivity index (χ2n) is 4.63. The maximum Gasteiger partial charge on any atom is 0.182 e. The number of hydrogen-bond donors (Lipinski definition) is 1. The lowest BCUT2D eigenvalue weighted by molar-refractivity contribution is 0.464. The second kappa shape index (κ2) is 7.41. The molecule has 2 unspecified atom stereocenters. The highest BCUT2D eigenvalue weighted by atomic mass is 79.9. The van der Waals surface area contributed by atoms with E-state index >= 15 is 0 Å². The molecule has 1 aromatic carbocycles. The van der Waals surface area contributed by atoms with Crippen molar-refractivity contribution in [3.05, 3.63) is 28.7 Å². The quantitative estimate of drug-likeness (QED) is 0.822. The van der Waals surface area contributed by atoms with Gasteiger partial charge in [-0.15, -0.1) is 0 Å². The lowest BCUT2D eigenvalue weighted by Crippen LogP contribution is -2.42. The van der Waals surface area contributed by atoms with Gasteiger partial charge in [0, 0.05) is 10.5 Å². The van der Waals surface area contributed by atoms with E-state index < -0.39 is 9.84 Å². The zero-order valence-electron chi connectivity index (χ0n) is 11.7. The lowest BCUT2D eigenvalue weighted by atomic mass is 10.1. The van der Waals surface area contributed by atoms with Gasteiger partial charge in [0.15, 0.2) is 9.84 Å². The Morgan fingerprint density at radius 2 is 1.79 bits per heavy atom. The number of nitrogens with one attached hydrogen (secondary N) is 1. The van der Waals surface area contributed by atoms with Gasteiger partial charge >= 0.3 is 0 Å². The van der Waals surface area contributed by atoms with Crippen LogP contribution < -0.4 is 5.32 Å². The number of sulfone groups is 1. The first-order valence-corrected chi connectivity index (χ1v) is 8.98. The molecule has 1 aromatic rings. The Labute approximate surface area is 124 Å². The normalized spacial score (nSPS) is 15.2. The van der Waals surface area contributed by atoms with Gasteiger partial charge < -0.3 is 5.32 Å². The van der Waals surface area contributed by atoms with Crippen molar-refractivity contribution in [2.45, 2.75) is 49.3 Å². The third kappa shape index (κ3) is 4.04. The third-order valence-corrected chi connectivity index (χ3v) is 6.28. The summed E-state index contributed by atoms with van der Waals surface area (Å²) in [6.07, 6.45) is 2.45. The summed E-state index contributed by atoms with van der Waals surface area (Å²) in [4.78, 5) is 0.402. The van der Waals surface area contributed by atoms with E-state index in [9.17, 15) is 8.42 Å². The fourth-order valence-electron chi connectivity index (χ4n) is 2.35. The Balaban J connectivity index is 3.10. The Hall–Kier alpha value is -0.390. The fourth-order valence-corrected chi connectivity index (χ4v) is 4.62. The number of hydrogen-bond acceptors (Lipinski definition) is 3. The van der Waals surface area contributed by atoms with Gasteiger partial charge in [-0.3, -0.25) is 0 Å². The molecule has 5 heteroatoms. The molecule has 0 radical (unpaired) electrons. The molecule has 1 N–H and O–H groups in total. The van der Waals surface area contributed by atoms with E-state index in [1.807, 2.05) is 14.0 Å². The Morgan fingerprint density at radius 1 is 1.21 bits per heavy atom. The molecule has 2 atom stereocenters. The molecule has 1 rings (SSSR count). The summed E-state index contributed by atoms with van der Waals surface area (Å²) in [5.74, 6) is 0. The summed E-state index contributed by atoms with van der Waals surface area (Å²) < 4.78 is 26.3. The topological polar surface area (TPSA) is 46.2 Å². The van der Waals surface area contributed by atoms with Crippen molar-refractivity contribution in [1.29, 1.82) is 0 Å². The molecule has 0 amide bonds. The van der Waals surface area contributed by atoms with Crippen LogP contribution in [0.3, 0.4) is 0 Å². The minimum Gasteiger partial charge on any atom is -0.316 e. The molecule has 108 valence electrons. The monoisotopic (exact) mass is 347 g/mol. The van der Waals surface area contributed by atoms with Crippen LogP contribution in [0.4, 0.5) is 0 Å². The van der Waals surface area contributed by atoms with Crippen LogP contribution in [-0.4, -0.2) is 26.8 Å². The first-order valence-electron chi connectivity index (χ1n) is 6.64. The van der Waals surface area contributed by atoms with Gasteiger partial charge in [0.05, 0.1) is 10.1 Å². The minimum absolute atomic E-state index is 0.00338. The van der Waals surface area contributed by atoms with E-state index in [1.54, 1.807) is 24.3 Å². The van der Waals surface area contributed by atoms with Crippen LogP contribution in [0.5, 0.6) is 0 Å². The second-order valence-corrected chi connectivity index (χ2v) is 7.71. The van der Waals surface area contributed by atoms with E-state index in [2.05, 4.69) is 28.2 Å². The van der Waals surface area contributed by atoms with E-state index in [4.69, 9.17) is 0 Å². The molecule has 3 nitrogen and oxygen atoms in total. The Kier molecular flexibility index (Phi) is 6.50. The first-order chi connectivity index (χ1) is 8.97. The van der Waals surface area contributed by atoms with Crippen LogP contribution >= 0.6 is 15.9 Å². The van der Waals surface area contributed by atoms with Crippen LogP contribution in [0.25, 0.3) is 0 Å². The summed E-state index contributed by atoms with van der Waals surface area (Å²) in [5, 5.41) is 2.78. The van der Waals surface area contributed by atoms with Crippen molar-refractivity contribution in [2.24, 2.45) is 0 Å². The maximum atomic E-state index is 12.7. The van der Waals surface area contributed by atoms with Crippen LogP contribution in [0.2, 0.25) is 0 Å². The molecule has 0 aromatic heterocycles. The molecule has 0 saturated carbocycles. The van der Waals surface area contributed by atoms with Crippen LogP contribution in [0, 0.1) is 0 Å². The average Bonchev–Trinajstić information content (AvgIpc) is 2.38. The highest BCUT2D eigenvalue weighted by molar-refractivity contribution is 9.10. The standard InChI is InChI=1S/C14H22BrNO2S/c1-4-6-13(16-3)14(5-2)19(17,18)12-9-7-11(15)8-10-12/h7-10,13-14,16H,4-6H2,1-3H3. The van der Waals surface area contributed by atoms with Gasteiger partial charge in [0.2, 0.25) is 0 Å². The molecule has 0 spiro atoms. The molecule has 19 heavy (non-hydrogen) atoms. The summed E-state index contributed by atoms with van der Waals surface area (Å²) in [7, 11) is -1.45. The molecule has 0 bridgehead atoms. The summed E-state index contributed by atoms with van der Waals surface area (Å²) >= 11 is 3.33. The van der Waals surface area contributed by atoms with Crippen LogP contribution in [-0.2, 0) is 9.84 Å². The first kappa shape index (κ1) is 16.7. The van der Waals surface area contributed by atoms with E-state index in [1.165, 1.54) is 0 Å². The number of benzene rings is 1. The van der Waals surface area contributed by atoms with Gasteiger partial charge in [0.25, 0.3) is 0 Å². The molecule has 0 saturated heterocycles. The average molecular weight is 348 g/mol. The van der Waals surface area contributed by atoms with Gasteiger partial charge in [-0.05, 0) is 44.2 Å². The van der Waals surface area contributed by atoms with Crippen LogP contribution in [0.1, 0.15) is 33.1 Å². The molecule has 0 aliphatic rings. The van der Waals surface area contributed by atoms with Gasteiger partial charge in [0.1, 0.15) is 0 Å². The van der Waals surface area contributed by atoms with Crippen molar-refractivity contribution >= 4 is 25.8 Å². The third-order valence-electron chi connectivity index (χ3n) is 3.36. The summed E-state index contributed by atoms with van der Waals surface area (Å²) in [6, 6.07) is 6.88. The van der Waals surface area contributed by atoms with Crippen LogP contribution in [0.15, 0.2) is 33.6 Å². The summed E-state index contributed by atoms with van der Waals surface area (Å²) in [6.45, 7) is 4.00. The molecule has 0 fully saturated rings. The lowest BCUT2D eigenvalue weighted by Gasteiger charge is -2.25. The summed E-state index contributed by atoms with van der Waals surface area (Å²) in [5.41, 5.74) is 0. The number of halogens is 1. The SMILES string of the molecule is CCCC(NC)C(CC)S(=O)(=O)c1ccc(Br)cc1. The predicted molar refractivity (Wildman–Crippen MR) is 83.2 cm³/mol. The van der Waals surface area contributed by atoms with Gasteiger partial charge in [-0.2, -0.15) is 0 Å². The van der Waals surface area contributed by atoms with Crippen molar-refractivity contribution in [1.82, 2.24) is 5.32 Å². The van der Waals surface area contributed by atoms with Crippen molar-refractivity contribution in [2.75, 3.05) is 7.05 Å². The van der Waals surface area contributed by atoms with Crippen molar-refractivity contribution in [3.8, 4) is 0 Å². The zero-order chi connectivity index (χ0) is 14.5.